The molecule has 9 heteroatoms. The third-order valence-electron chi connectivity index (χ3n) is 4.39. The minimum Gasteiger partial charge on any atom is -0.497 e. The van der Waals surface area contributed by atoms with E-state index in [1.54, 1.807) is 7.11 Å². The summed E-state index contributed by atoms with van der Waals surface area (Å²) < 4.78 is 42.7. The SMILES string of the molecule is CCNC(=NCCCc1cccc(OC)c1)NC1CCN(CC(F)(F)F)C1.I. The number of hydrogen-bond donors (Lipinski definition) is 2. The Balaban J connectivity index is 0.00000392. The van der Waals surface area contributed by atoms with Crippen molar-refractivity contribution in [2.75, 3.05) is 39.8 Å². The van der Waals surface area contributed by atoms with Crippen LogP contribution in [0.25, 0.3) is 0 Å². The van der Waals surface area contributed by atoms with Crippen molar-refractivity contribution in [1.82, 2.24) is 15.5 Å². The number of rotatable bonds is 8. The Labute approximate surface area is 182 Å². The van der Waals surface area contributed by atoms with E-state index in [2.05, 4.69) is 21.7 Å². The van der Waals surface area contributed by atoms with Crippen molar-refractivity contribution in [3.63, 3.8) is 0 Å². The number of hydrogen-bond acceptors (Lipinski definition) is 3. The highest BCUT2D eigenvalue weighted by Gasteiger charge is 2.34. The summed E-state index contributed by atoms with van der Waals surface area (Å²) >= 11 is 0. The van der Waals surface area contributed by atoms with Gasteiger partial charge in [0.1, 0.15) is 5.75 Å². The number of halogens is 4. The fourth-order valence-corrected chi connectivity index (χ4v) is 3.16. The number of guanidine groups is 1. The van der Waals surface area contributed by atoms with Crippen molar-refractivity contribution in [3.05, 3.63) is 29.8 Å². The van der Waals surface area contributed by atoms with Crippen molar-refractivity contribution in [2.45, 2.75) is 38.4 Å². The summed E-state index contributed by atoms with van der Waals surface area (Å²) in [5.41, 5.74) is 1.20. The van der Waals surface area contributed by atoms with E-state index in [1.807, 2.05) is 25.1 Å². The summed E-state index contributed by atoms with van der Waals surface area (Å²) in [6.45, 7) is 3.31. The fraction of sp³-hybridized carbons (Fsp3) is 0.632. The number of aliphatic imine (C=N–C) groups is 1. The van der Waals surface area contributed by atoms with Crippen LogP contribution in [0, 0.1) is 0 Å². The zero-order valence-electron chi connectivity index (χ0n) is 16.4. The molecule has 1 fully saturated rings. The lowest BCUT2D eigenvalue weighted by molar-refractivity contribution is -0.143. The predicted octanol–water partition coefficient (Wildman–Crippen LogP) is 3.44. The number of benzene rings is 1. The van der Waals surface area contributed by atoms with Gasteiger partial charge in [-0.3, -0.25) is 9.89 Å². The van der Waals surface area contributed by atoms with Gasteiger partial charge in [0.15, 0.2) is 5.96 Å². The van der Waals surface area contributed by atoms with Crippen molar-refractivity contribution in [2.24, 2.45) is 4.99 Å². The third-order valence-corrected chi connectivity index (χ3v) is 4.39. The molecule has 2 rings (SSSR count). The summed E-state index contributed by atoms with van der Waals surface area (Å²) in [7, 11) is 1.65. The first-order valence-electron chi connectivity index (χ1n) is 9.36. The molecule has 1 saturated heterocycles. The number of nitrogens with zero attached hydrogens (tertiary/aromatic N) is 2. The first kappa shape index (κ1) is 24.8. The van der Waals surface area contributed by atoms with Gasteiger partial charge in [0.25, 0.3) is 0 Å². The number of nitrogens with one attached hydrogen (secondary N) is 2. The van der Waals surface area contributed by atoms with Gasteiger partial charge in [-0.05, 0) is 43.9 Å². The largest absolute Gasteiger partial charge is 0.497 e. The normalized spacial score (nSPS) is 17.9. The van der Waals surface area contributed by atoms with E-state index in [-0.39, 0.29) is 30.0 Å². The molecule has 5 nitrogen and oxygen atoms in total. The lowest BCUT2D eigenvalue weighted by Gasteiger charge is -2.19. The predicted molar refractivity (Wildman–Crippen MR) is 117 cm³/mol. The summed E-state index contributed by atoms with van der Waals surface area (Å²) in [5, 5.41) is 6.43. The molecule has 1 atom stereocenters. The second-order valence-corrected chi connectivity index (χ2v) is 6.70. The molecule has 0 aromatic heterocycles. The molecule has 1 unspecified atom stereocenters. The highest BCUT2D eigenvalue weighted by atomic mass is 127. The van der Waals surface area contributed by atoms with E-state index in [0.717, 1.165) is 18.6 Å². The maximum Gasteiger partial charge on any atom is 0.401 e. The van der Waals surface area contributed by atoms with Crippen LogP contribution in [-0.4, -0.2) is 62.9 Å². The van der Waals surface area contributed by atoms with Crippen LogP contribution in [-0.2, 0) is 6.42 Å². The van der Waals surface area contributed by atoms with Crippen molar-refractivity contribution >= 4 is 29.9 Å². The minimum atomic E-state index is -4.15. The van der Waals surface area contributed by atoms with E-state index in [4.69, 9.17) is 4.74 Å². The van der Waals surface area contributed by atoms with Gasteiger partial charge in [0.05, 0.1) is 13.7 Å². The standard InChI is InChI=1S/C19H29F3N4O.HI/c1-3-23-18(25-16-9-11-26(13-16)14-19(20,21)22)24-10-5-7-15-6-4-8-17(12-15)27-2;/h4,6,8,12,16H,3,5,7,9-11,13-14H2,1-2H3,(H2,23,24,25);1H. The van der Waals surface area contributed by atoms with Crippen molar-refractivity contribution < 1.29 is 17.9 Å². The molecule has 0 bridgehead atoms. The molecule has 0 saturated carbocycles. The monoisotopic (exact) mass is 514 g/mol. The van der Waals surface area contributed by atoms with Gasteiger partial charge in [-0.2, -0.15) is 13.2 Å². The molecular formula is C19H30F3IN4O. The highest BCUT2D eigenvalue weighted by molar-refractivity contribution is 14.0. The van der Waals surface area contributed by atoms with Gasteiger partial charge in [0, 0.05) is 32.2 Å². The molecule has 1 aromatic carbocycles. The van der Waals surface area contributed by atoms with Gasteiger partial charge in [0.2, 0.25) is 0 Å². The average molecular weight is 514 g/mol. The Bertz CT molecular complexity index is 613. The second-order valence-electron chi connectivity index (χ2n) is 6.70. The molecule has 0 amide bonds. The Kier molecular flexibility index (Phi) is 10.9. The smallest absolute Gasteiger partial charge is 0.401 e. The zero-order valence-corrected chi connectivity index (χ0v) is 18.7. The number of alkyl halides is 3. The van der Waals surface area contributed by atoms with E-state index in [9.17, 15) is 13.2 Å². The maximum atomic E-state index is 12.5. The average Bonchev–Trinajstić information content (AvgIpc) is 3.04. The fourth-order valence-electron chi connectivity index (χ4n) is 3.16. The van der Waals surface area contributed by atoms with Gasteiger partial charge in [-0.1, -0.05) is 12.1 Å². The minimum absolute atomic E-state index is 0. The topological polar surface area (TPSA) is 48.9 Å². The van der Waals surface area contributed by atoms with Crippen LogP contribution in [0.2, 0.25) is 0 Å². The molecule has 1 heterocycles. The van der Waals surface area contributed by atoms with Crippen LogP contribution in [0.1, 0.15) is 25.3 Å². The molecule has 1 aromatic rings. The van der Waals surface area contributed by atoms with Crippen LogP contribution in [0.4, 0.5) is 13.2 Å². The first-order valence-corrected chi connectivity index (χ1v) is 9.36. The number of likely N-dealkylation sites (tertiary alicyclic amines) is 1. The molecule has 1 aliphatic rings. The molecule has 0 spiro atoms. The molecule has 2 N–H and O–H groups in total. The summed E-state index contributed by atoms with van der Waals surface area (Å²) in [5.74, 6) is 1.51. The van der Waals surface area contributed by atoms with Crippen molar-refractivity contribution in [1.29, 1.82) is 0 Å². The highest BCUT2D eigenvalue weighted by Crippen LogP contribution is 2.20. The first-order chi connectivity index (χ1) is 12.9. The number of ether oxygens (including phenoxy) is 1. The Morgan fingerprint density at radius 3 is 2.82 bits per heavy atom. The van der Waals surface area contributed by atoms with Crippen molar-refractivity contribution in [3.8, 4) is 5.75 Å². The third kappa shape index (κ3) is 9.31. The Hall–Kier alpha value is -1.23. The number of methoxy groups -OCH3 is 1. The molecule has 1 aliphatic heterocycles. The second kappa shape index (κ2) is 12.4. The van der Waals surface area contributed by atoms with E-state index >= 15 is 0 Å². The molecule has 28 heavy (non-hydrogen) atoms. The van der Waals surface area contributed by atoms with Gasteiger partial charge in [-0.15, -0.1) is 24.0 Å². The molecule has 0 aliphatic carbocycles. The lowest BCUT2D eigenvalue weighted by atomic mass is 10.1. The van der Waals surface area contributed by atoms with E-state index in [0.29, 0.717) is 38.6 Å². The quantitative estimate of drug-likeness (QED) is 0.242. The zero-order chi connectivity index (χ0) is 19.7. The molecule has 160 valence electrons. The van der Waals surface area contributed by atoms with Crippen LogP contribution in [0.5, 0.6) is 5.75 Å². The summed E-state index contributed by atoms with van der Waals surface area (Å²) in [6, 6.07) is 7.95. The Morgan fingerprint density at radius 1 is 1.36 bits per heavy atom. The van der Waals surface area contributed by atoms with Crippen LogP contribution < -0.4 is 15.4 Å². The van der Waals surface area contributed by atoms with Gasteiger partial charge in [-0.25, -0.2) is 0 Å². The summed E-state index contributed by atoms with van der Waals surface area (Å²) in [4.78, 5) is 5.99. The van der Waals surface area contributed by atoms with Crippen LogP contribution in [0.3, 0.4) is 0 Å². The maximum absolute atomic E-state index is 12.5. The van der Waals surface area contributed by atoms with Crippen LogP contribution >= 0.6 is 24.0 Å². The van der Waals surface area contributed by atoms with Gasteiger partial charge < -0.3 is 15.4 Å². The summed E-state index contributed by atoms with van der Waals surface area (Å²) in [6.07, 6.45) is -1.69. The van der Waals surface area contributed by atoms with Crippen LogP contribution in [0.15, 0.2) is 29.3 Å². The van der Waals surface area contributed by atoms with E-state index < -0.39 is 12.7 Å². The Morgan fingerprint density at radius 2 is 2.14 bits per heavy atom. The lowest BCUT2D eigenvalue weighted by Crippen LogP contribution is -2.45. The van der Waals surface area contributed by atoms with E-state index in [1.165, 1.54) is 10.5 Å². The molecule has 0 radical (unpaired) electrons. The molecular weight excluding hydrogens is 484 g/mol. The van der Waals surface area contributed by atoms with Gasteiger partial charge >= 0.3 is 6.18 Å². The number of aryl methyl sites for hydroxylation is 1.